The van der Waals surface area contributed by atoms with Gasteiger partial charge in [0.1, 0.15) is 0 Å². The van der Waals surface area contributed by atoms with Gasteiger partial charge in [0.2, 0.25) is 0 Å². The number of amides is 1. The maximum Gasteiger partial charge on any atom is 0.259 e. The molecule has 0 atom stereocenters. The van der Waals surface area contributed by atoms with E-state index >= 15 is 0 Å². The zero-order chi connectivity index (χ0) is 13.5. The summed E-state index contributed by atoms with van der Waals surface area (Å²) in [5, 5.41) is 9.40. The normalized spacial score (nSPS) is 10.6. The number of rotatable bonds is 5. The minimum absolute atomic E-state index is 0.141. The van der Waals surface area contributed by atoms with E-state index in [-0.39, 0.29) is 12.5 Å². The van der Waals surface area contributed by atoms with Gasteiger partial charge in [0, 0.05) is 15.6 Å². The molecule has 0 spiro atoms. The van der Waals surface area contributed by atoms with E-state index in [1.165, 1.54) is 0 Å². The van der Waals surface area contributed by atoms with E-state index in [0.29, 0.717) is 5.02 Å². The number of nitrogens with one attached hydrogen (secondary N) is 2. The number of carbonyl (C=O) groups is 1. The highest BCUT2D eigenvalue weighted by atomic mass is 35.5. The number of halogens is 1. The first kappa shape index (κ1) is 13.6. The third-order valence-electron chi connectivity index (χ3n) is 2.20. The van der Waals surface area contributed by atoms with Crippen LogP contribution in [-0.4, -0.2) is 18.7 Å². The summed E-state index contributed by atoms with van der Waals surface area (Å²) in [7, 11) is 0. The van der Waals surface area contributed by atoms with Crippen LogP contribution in [0.4, 0.5) is 5.69 Å². The van der Waals surface area contributed by atoms with Crippen LogP contribution in [0.3, 0.4) is 0 Å². The standard InChI is InChI=1S/C13H12ClN3OS/c14-10-3-1-4-11(7-10)15-9-13(18)17-16-8-12-5-2-6-19-12/h1-8,15H,9H2,(H,17,18). The summed E-state index contributed by atoms with van der Waals surface area (Å²) < 4.78 is 0. The molecular weight excluding hydrogens is 282 g/mol. The lowest BCUT2D eigenvalue weighted by Gasteiger charge is -2.05. The lowest BCUT2D eigenvalue weighted by Crippen LogP contribution is -2.25. The summed E-state index contributed by atoms with van der Waals surface area (Å²) in [6, 6.07) is 11.0. The van der Waals surface area contributed by atoms with Crippen molar-refractivity contribution in [2.24, 2.45) is 5.10 Å². The van der Waals surface area contributed by atoms with E-state index in [1.807, 2.05) is 29.6 Å². The summed E-state index contributed by atoms with van der Waals surface area (Å²) in [4.78, 5) is 12.5. The Hall–Kier alpha value is -1.85. The number of hydrazone groups is 1. The molecule has 2 aromatic rings. The molecule has 0 bridgehead atoms. The number of anilines is 1. The SMILES string of the molecule is O=C(CNc1cccc(Cl)c1)NN=Cc1cccs1. The molecule has 0 fully saturated rings. The molecule has 2 rings (SSSR count). The molecule has 1 aromatic heterocycles. The Morgan fingerprint density at radius 3 is 3.00 bits per heavy atom. The van der Waals surface area contributed by atoms with Gasteiger partial charge in [-0.2, -0.15) is 5.10 Å². The molecular formula is C13H12ClN3OS. The highest BCUT2D eigenvalue weighted by Crippen LogP contribution is 2.14. The van der Waals surface area contributed by atoms with Crippen molar-refractivity contribution in [3.05, 3.63) is 51.7 Å². The fourth-order valence-electron chi connectivity index (χ4n) is 1.35. The first-order chi connectivity index (χ1) is 9.24. The Bertz CT molecular complexity index is 569. The largest absolute Gasteiger partial charge is 0.376 e. The van der Waals surface area contributed by atoms with Crippen molar-refractivity contribution in [1.82, 2.24) is 5.43 Å². The number of benzene rings is 1. The van der Waals surface area contributed by atoms with Gasteiger partial charge in [0.25, 0.3) is 5.91 Å². The van der Waals surface area contributed by atoms with Crippen LogP contribution in [0.15, 0.2) is 46.9 Å². The zero-order valence-electron chi connectivity index (χ0n) is 9.97. The molecule has 1 aromatic carbocycles. The van der Waals surface area contributed by atoms with Crippen LogP contribution in [0.25, 0.3) is 0 Å². The van der Waals surface area contributed by atoms with Crippen LogP contribution in [0.1, 0.15) is 4.88 Å². The highest BCUT2D eigenvalue weighted by molar-refractivity contribution is 7.11. The molecule has 1 heterocycles. The van der Waals surface area contributed by atoms with E-state index in [9.17, 15) is 4.79 Å². The lowest BCUT2D eigenvalue weighted by atomic mass is 10.3. The molecule has 4 nitrogen and oxygen atoms in total. The fraction of sp³-hybridized carbons (Fsp3) is 0.0769. The van der Waals surface area contributed by atoms with E-state index in [0.717, 1.165) is 10.6 Å². The van der Waals surface area contributed by atoms with E-state index < -0.39 is 0 Å². The second kappa shape index (κ2) is 6.92. The van der Waals surface area contributed by atoms with E-state index in [4.69, 9.17) is 11.6 Å². The van der Waals surface area contributed by atoms with Crippen molar-refractivity contribution < 1.29 is 4.79 Å². The number of hydrogen-bond donors (Lipinski definition) is 2. The maximum atomic E-state index is 11.5. The van der Waals surface area contributed by atoms with Gasteiger partial charge in [0.15, 0.2) is 0 Å². The smallest absolute Gasteiger partial charge is 0.259 e. The third-order valence-corrected chi connectivity index (χ3v) is 3.24. The Balaban J connectivity index is 1.76. The average molecular weight is 294 g/mol. The van der Waals surface area contributed by atoms with Gasteiger partial charge in [-0.3, -0.25) is 4.79 Å². The molecule has 0 radical (unpaired) electrons. The minimum Gasteiger partial charge on any atom is -0.376 e. The van der Waals surface area contributed by atoms with Crippen LogP contribution in [0, 0.1) is 0 Å². The maximum absolute atomic E-state index is 11.5. The van der Waals surface area contributed by atoms with Gasteiger partial charge in [0.05, 0.1) is 12.8 Å². The number of thiophene rings is 1. The van der Waals surface area contributed by atoms with Crippen LogP contribution < -0.4 is 10.7 Å². The molecule has 0 aliphatic heterocycles. The molecule has 2 N–H and O–H groups in total. The van der Waals surface area contributed by atoms with Gasteiger partial charge in [-0.05, 0) is 29.6 Å². The third kappa shape index (κ3) is 4.73. The minimum atomic E-state index is -0.215. The Morgan fingerprint density at radius 1 is 1.37 bits per heavy atom. The molecule has 98 valence electrons. The first-order valence-electron chi connectivity index (χ1n) is 5.59. The van der Waals surface area contributed by atoms with Gasteiger partial charge < -0.3 is 5.32 Å². The van der Waals surface area contributed by atoms with Crippen molar-refractivity contribution in [2.45, 2.75) is 0 Å². The van der Waals surface area contributed by atoms with Crippen LogP contribution in [0.5, 0.6) is 0 Å². The second-order valence-electron chi connectivity index (χ2n) is 3.67. The molecule has 1 amide bonds. The Morgan fingerprint density at radius 2 is 2.26 bits per heavy atom. The van der Waals surface area contributed by atoms with Crippen LogP contribution in [-0.2, 0) is 4.79 Å². The molecule has 6 heteroatoms. The monoisotopic (exact) mass is 293 g/mol. The first-order valence-corrected chi connectivity index (χ1v) is 6.84. The second-order valence-corrected chi connectivity index (χ2v) is 5.09. The van der Waals surface area contributed by atoms with Gasteiger partial charge in [-0.1, -0.05) is 23.7 Å². The van der Waals surface area contributed by atoms with Gasteiger partial charge >= 0.3 is 0 Å². The molecule has 0 unspecified atom stereocenters. The molecule has 19 heavy (non-hydrogen) atoms. The zero-order valence-corrected chi connectivity index (χ0v) is 11.5. The van der Waals surface area contributed by atoms with Crippen LogP contribution in [0.2, 0.25) is 5.02 Å². The summed E-state index contributed by atoms with van der Waals surface area (Å²) >= 11 is 7.39. The Kier molecular flexibility index (Phi) is 4.94. The molecule has 0 saturated heterocycles. The molecule has 0 aliphatic rings. The predicted molar refractivity (Wildman–Crippen MR) is 80.0 cm³/mol. The lowest BCUT2D eigenvalue weighted by molar-refractivity contribution is -0.119. The topological polar surface area (TPSA) is 53.5 Å². The van der Waals surface area contributed by atoms with Crippen molar-refractivity contribution in [3.63, 3.8) is 0 Å². The summed E-state index contributed by atoms with van der Waals surface area (Å²) in [5.74, 6) is -0.215. The number of nitrogens with zero attached hydrogens (tertiary/aromatic N) is 1. The average Bonchev–Trinajstić information content (AvgIpc) is 2.90. The van der Waals surface area contributed by atoms with Gasteiger partial charge in [-0.25, -0.2) is 5.43 Å². The summed E-state index contributed by atoms with van der Waals surface area (Å²) in [6.45, 7) is 0.141. The molecule has 0 aliphatic carbocycles. The van der Waals surface area contributed by atoms with E-state index in [2.05, 4.69) is 15.8 Å². The van der Waals surface area contributed by atoms with Gasteiger partial charge in [-0.15, -0.1) is 11.3 Å². The van der Waals surface area contributed by atoms with Crippen molar-refractivity contribution in [2.75, 3.05) is 11.9 Å². The van der Waals surface area contributed by atoms with Crippen molar-refractivity contribution in [1.29, 1.82) is 0 Å². The van der Waals surface area contributed by atoms with Crippen molar-refractivity contribution >= 4 is 40.7 Å². The van der Waals surface area contributed by atoms with E-state index in [1.54, 1.807) is 29.7 Å². The number of carbonyl (C=O) groups excluding carboxylic acids is 1. The number of hydrogen-bond acceptors (Lipinski definition) is 4. The van der Waals surface area contributed by atoms with Crippen LogP contribution >= 0.6 is 22.9 Å². The highest BCUT2D eigenvalue weighted by Gasteiger charge is 1.99. The Labute approximate surface area is 120 Å². The fourth-order valence-corrected chi connectivity index (χ4v) is 2.13. The molecule has 0 saturated carbocycles. The predicted octanol–water partition coefficient (Wildman–Crippen LogP) is 2.96. The summed E-state index contributed by atoms with van der Waals surface area (Å²) in [5.41, 5.74) is 3.24. The van der Waals surface area contributed by atoms with Crippen molar-refractivity contribution in [3.8, 4) is 0 Å². The quantitative estimate of drug-likeness (QED) is 0.658. The summed E-state index contributed by atoms with van der Waals surface area (Å²) in [6.07, 6.45) is 1.61.